The number of halogens is 3. The summed E-state index contributed by atoms with van der Waals surface area (Å²) in [5, 5.41) is 19.1. The molecule has 12 heteroatoms. The normalized spacial score (nSPS) is 34.3. The van der Waals surface area contributed by atoms with Crippen LogP contribution in [0.3, 0.4) is 0 Å². The third-order valence-electron chi connectivity index (χ3n) is 8.43. The van der Waals surface area contributed by atoms with E-state index in [9.17, 15) is 29.1 Å². The highest BCUT2D eigenvalue weighted by atomic mass is 79.9. The molecule has 6 unspecified atom stereocenters. The standard InChI is InChI=1S/C26H25BrCl2N2O7/c1-12-9-13(4-7-17(12)32)20-14-5-6-15-19(22(36)30(21(15)35)8-2-3-18(33)34)16(14)10-25(28)23(37)31(11-27)24(38)26(20,25)29/h4-5,7,9,15-16,19-20,32H,2-3,6,8,10-11H2,1H3,(H,33,34). The number of fused-ring (bicyclic) bond motifs is 4. The maximum absolute atomic E-state index is 13.7. The fourth-order valence-electron chi connectivity index (χ4n) is 6.66. The minimum Gasteiger partial charge on any atom is -0.508 e. The first kappa shape index (κ1) is 27.1. The molecule has 2 aliphatic heterocycles. The first-order valence-electron chi connectivity index (χ1n) is 12.2. The molecule has 2 N–H and O–H groups in total. The Kier molecular flexibility index (Phi) is 6.68. The average molecular weight is 628 g/mol. The molecule has 0 radical (unpaired) electrons. The van der Waals surface area contributed by atoms with Crippen LogP contribution in [-0.4, -0.2) is 71.4 Å². The molecule has 0 spiro atoms. The maximum atomic E-state index is 13.7. The molecule has 3 fully saturated rings. The monoisotopic (exact) mass is 626 g/mol. The SMILES string of the molecule is Cc1cc(C2C3=CCC4C(=O)N(CCCC(=O)O)C(=O)C4C3CC3(Cl)C(=O)N(CBr)C(=O)C23Cl)ccc1O. The summed E-state index contributed by atoms with van der Waals surface area (Å²) < 4.78 is 0. The maximum Gasteiger partial charge on any atom is 0.303 e. The van der Waals surface area contributed by atoms with Crippen LogP contribution in [0.5, 0.6) is 5.75 Å². The Hall–Kier alpha value is -2.43. The Bertz CT molecular complexity index is 1320. The lowest BCUT2D eigenvalue weighted by Gasteiger charge is -2.50. The highest BCUT2D eigenvalue weighted by Crippen LogP contribution is 2.65. The van der Waals surface area contributed by atoms with Crippen molar-refractivity contribution in [2.45, 2.75) is 48.3 Å². The van der Waals surface area contributed by atoms with Gasteiger partial charge >= 0.3 is 5.97 Å². The number of alkyl halides is 3. The molecule has 2 heterocycles. The summed E-state index contributed by atoms with van der Waals surface area (Å²) in [6.07, 6.45) is 1.90. The first-order chi connectivity index (χ1) is 17.9. The molecular formula is C26H25BrCl2N2O7. The summed E-state index contributed by atoms with van der Waals surface area (Å²) in [6.45, 7) is 1.68. The summed E-state index contributed by atoms with van der Waals surface area (Å²) in [6, 6.07) is 4.79. The molecule has 0 bridgehead atoms. The predicted octanol–water partition coefficient (Wildman–Crippen LogP) is 3.28. The van der Waals surface area contributed by atoms with Gasteiger partial charge in [-0.3, -0.25) is 33.8 Å². The van der Waals surface area contributed by atoms with E-state index in [2.05, 4.69) is 15.9 Å². The number of hydrogen-bond acceptors (Lipinski definition) is 6. The highest BCUT2D eigenvalue weighted by molar-refractivity contribution is 9.09. The molecule has 0 aromatic heterocycles. The number of aromatic hydroxyl groups is 1. The number of likely N-dealkylation sites (tertiary alicyclic amines) is 2. The fourth-order valence-corrected chi connectivity index (χ4v) is 8.08. The number of hydrogen-bond donors (Lipinski definition) is 2. The number of rotatable bonds is 6. The van der Waals surface area contributed by atoms with Gasteiger partial charge in [-0.1, -0.05) is 39.7 Å². The Balaban J connectivity index is 1.63. The van der Waals surface area contributed by atoms with Crippen LogP contribution in [0.15, 0.2) is 29.8 Å². The Labute approximate surface area is 236 Å². The largest absolute Gasteiger partial charge is 0.508 e. The molecule has 9 nitrogen and oxygen atoms in total. The van der Waals surface area contributed by atoms with Crippen LogP contribution >= 0.6 is 39.1 Å². The molecule has 1 aromatic rings. The van der Waals surface area contributed by atoms with Crippen LogP contribution < -0.4 is 0 Å². The number of allylic oxidation sites excluding steroid dienone is 2. The number of benzene rings is 1. The number of carbonyl (C=O) groups excluding carboxylic acids is 4. The van der Waals surface area contributed by atoms with Gasteiger partial charge in [0.1, 0.15) is 5.75 Å². The highest BCUT2D eigenvalue weighted by Gasteiger charge is 2.76. The van der Waals surface area contributed by atoms with E-state index in [1.165, 1.54) is 6.07 Å². The van der Waals surface area contributed by atoms with Crippen molar-refractivity contribution in [2.75, 3.05) is 12.0 Å². The molecule has 2 aliphatic carbocycles. The number of carboxylic acids is 1. The molecule has 202 valence electrons. The van der Waals surface area contributed by atoms with Gasteiger partial charge in [0.25, 0.3) is 11.8 Å². The van der Waals surface area contributed by atoms with E-state index in [1.54, 1.807) is 19.1 Å². The van der Waals surface area contributed by atoms with Gasteiger partial charge in [-0.05, 0) is 49.3 Å². The van der Waals surface area contributed by atoms with E-state index >= 15 is 0 Å². The lowest BCUT2D eigenvalue weighted by molar-refractivity contribution is -0.142. The number of phenolic OH excluding ortho intramolecular Hbond substituents is 1. The van der Waals surface area contributed by atoms with E-state index in [4.69, 9.17) is 28.3 Å². The van der Waals surface area contributed by atoms with Gasteiger partial charge in [-0.15, -0.1) is 23.2 Å². The number of amides is 4. The van der Waals surface area contributed by atoms with Crippen LogP contribution in [0.1, 0.15) is 42.7 Å². The second kappa shape index (κ2) is 9.34. The lowest BCUT2D eigenvalue weighted by Crippen LogP contribution is -2.60. The number of carbonyl (C=O) groups is 5. The summed E-state index contributed by atoms with van der Waals surface area (Å²) in [4.78, 5) is 63.4. The van der Waals surface area contributed by atoms with E-state index in [-0.39, 0.29) is 49.3 Å². The zero-order valence-electron chi connectivity index (χ0n) is 20.3. The number of nitrogens with zero attached hydrogens (tertiary/aromatic N) is 2. The van der Waals surface area contributed by atoms with Gasteiger partial charge in [-0.25, -0.2) is 0 Å². The second-order valence-electron chi connectivity index (χ2n) is 10.4. The zero-order valence-corrected chi connectivity index (χ0v) is 23.4. The van der Waals surface area contributed by atoms with Crippen molar-refractivity contribution in [3.05, 3.63) is 41.0 Å². The predicted molar refractivity (Wildman–Crippen MR) is 140 cm³/mol. The summed E-state index contributed by atoms with van der Waals surface area (Å²) in [5.74, 6) is -6.15. The fraction of sp³-hybridized carbons (Fsp3) is 0.500. The summed E-state index contributed by atoms with van der Waals surface area (Å²) in [7, 11) is 0. The molecule has 38 heavy (non-hydrogen) atoms. The van der Waals surface area contributed by atoms with Crippen LogP contribution in [0.4, 0.5) is 0 Å². The van der Waals surface area contributed by atoms with Crippen molar-refractivity contribution < 1.29 is 34.2 Å². The first-order valence-corrected chi connectivity index (χ1v) is 14.1. The quantitative estimate of drug-likeness (QED) is 0.214. The van der Waals surface area contributed by atoms with Crippen molar-refractivity contribution >= 4 is 68.7 Å². The van der Waals surface area contributed by atoms with Gasteiger partial charge in [0.05, 0.1) is 17.3 Å². The molecule has 2 saturated heterocycles. The van der Waals surface area contributed by atoms with E-state index < -0.39 is 57.1 Å². The van der Waals surface area contributed by atoms with Crippen molar-refractivity contribution in [2.24, 2.45) is 17.8 Å². The van der Waals surface area contributed by atoms with Gasteiger partial charge in [0, 0.05) is 18.9 Å². The van der Waals surface area contributed by atoms with Gasteiger partial charge < -0.3 is 10.2 Å². The third-order valence-corrected chi connectivity index (χ3v) is 10.3. The van der Waals surface area contributed by atoms with Crippen molar-refractivity contribution in [3.63, 3.8) is 0 Å². The second-order valence-corrected chi connectivity index (χ2v) is 12.1. The zero-order chi connectivity index (χ0) is 27.7. The minimum absolute atomic E-state index is 0.0140. The minimum atomic E-state index is -1.90. The summed E-state index contributed by atoms with van der Waals surface area (Å²) in [5.41, 5.74) is 1.64. The van der Waals surface area contributed by atoms with E-state index in [0.717, 1.165) is 9.80 Å². The Morgan fingerprint density at radius 2 is 1.82 bits per heavy atom. The van der Waals surface area contributed by atoms with Crippen molar-refractivity contribution in [3.8, 4) is 5.75 Å². The van der Waals surface area contributed by atoms with Crippen LogP contribution in [0.25, 0.3) is 0 Å². The number of aryl methyl sites for hydroxylation is 1. The van der Waals surface area contributed by atoms with E-state index in [1.807, 2.05) is 6.08 Å². The molecular weight excluding hydrogens is 603 g/mol. The number of carboxylic acid groups (broad SMARTS) is 1. The van der Waals surface area contributed by atoms with Crippen LogP contribution in [0, 0.1) is 24.7 Å². The average Bonchev–Trinajstić information content (AvgIpc) is 3.19. The molecule has 6 atom stereocenters. The van der Waals surface area contributed by atoms with Gasteiger partial charge in [0.2, 0.25) is 11.8 Å². The molecule has 4 aliphatic rings. The van der Waals surface area contributed by atoms with Crippen molar-refractivity contribution in [1.82, 2.24) is 9.80 Å². The molecule has 5 rings (SSSR count). The topological polar surface area (TPSA) is 132 Å². The van der Waals surface area contributed by atoms with Crippen LogP contribution in [-0.2, 0) is 24.0 Å². The van der Waals surface area contributed by atoms with Crippen molar-refractivity contribution in [1.29, 1.82) is 0 Å². The molecule has 4 amide bonds. The smallest absolute Gasteiger partial charge is 0.303 e. The van der Waals surface area contributed by atoms with Gasteiger partial charge in [0.15, 0.2) is 9.75 Å². The Morgan fingerprint density at radius 3 is 2.45 bits per heavy atom. The Morgan fingerprint density at radius 1 is 1.11 bits per heavy atom. The van der Waals surface area contributed by atoms with Gasteiger partial charge in [-0.2, -0.15) is 0 Å². The molecule has 1 saturated carbocycles. The number of aliphatic carboxylic acids is 1. The summed E-state index contributed by atoms with van der Waals surface area (Å²) >= 11 is 17.5. The lowest BCUT2D eigenvalue weighted by atomic mass is 9.56. The third kappa shape index (κ3) is 3.59. The number of phenols is 1. The van der Waals surface area contributed by atoms with E-state index in [0.29, 0.717) is 16.7 Å². The molecule has 1 aromatic carbocycles. The number of imide groups is 2. The van der Waals surface area contributed by atoms with Crippen LogP contribution in [0.2, 0.25) is 0 Å².